The first-order valence-corrected chi connectivity index (χ1v) is 7.75. The van der Waals surface area contributed by atoms with Gasteiger partial charge in [0.2, 0.25) is 5.91 Å². The molecule has 0 spiro atoms. The molecule has 0 aliphatic carbocycles. The van der Waals surface area contributed by atoms with Gasteiger partial charge in [-0.15, -0.1) is 0 Å². The molecule has 4 nitrogen and oxygen atoms in total. The van der Waals surface area contributed by atoms with Gasteiger partial charge >= 0.3 is 0 Å². The second-order valence-corrected chi connectivity index (χ2v) is 5.71. The van der Waals surface area contributed by atoms with Crippen LogP contribution in [0, 0.1) is 0 Å². The first-order valence-electron chi connectivity index (χ1n) is 7.75. The quantitative estimate of drug-likeness (QED) is 0.887. The van der Waals surface area contributed by atoms with Crippen LogP contribution < -0.4 is 5.32 Å². The number of amides is 1. The van der Waals surface area contributed by atoms with Crippen LogP contribution in [0.1, 0.15) is 17.5 Å². The summed E-state index contributed by atoms with van der Waals surface area (Å²) in [5.74, 6) is 0.253. The minimum Gasteiger partial charge on any atom is -0.341 e. The number of nitrogens with one attached hydrogen (secondary N) is 1. The number of likely N-dealkylation sites (tertiary alicyclic amines) is 1. The minimum absolute atomic E-state index is 0.247. The molecule has 0 saturated carbocycles. The van der Waals surface area contributed by atoms with E-state index in [0.29, 0.717) is 6.42 Å². The number of carbonyl (C=O) groups excluding carboxylic acids is 1. The molecule has 0 bridgehead atoms. The monoisotopic (exact) mass is 295 g/mol. The molecule has 2 heterocycles. The Labute approximate surface area is 131 Å². The number of nitrogens with zero attached hydrogens (tertiary/aromatic N) is 2. The van der Waals surface area contributed by atoms with E-state index >= 15 is 0 Å². The molecule has 1 aliphatic rings. The van der Waals surface area contributed by atoms with E-state index in [-0.39, 0.29) is 11.9 Å². The zero-order chi connectivity index (χ0) is 15.2. The lowest BCUT2D eigenvalue weighted by molar-refractivity contribution is -0.127. The van der Waals surface area contributed by atoms with E-state index in [1.165, 1.54) is 11.1 Å². The summed E-state index contributed by atoms with van der Waals surface area (Å²) in [4.78, 5) is 18.1. The summed E-state index contributed by atoms with van der Waals surface area (Å²) in [5, 5.41) is 3.47. The minimum atomic E-state index is 0.247. The summed E-state index contributed by atoms with van der Waals surface area (Å²) in [6.07, 6.45) is 5.11. The number of pyridine rings is 1. The third kappa shape index (κ3) is 3.92. The van der Waals surface area contributed by atoms with Crippen molar-refractivity contribution in [3.63, 3.8) is 0 Å². The van der Waals surface area contributed by atoms with Crippen LogP contribution in [-0.4, -0.2) is 34.9 Å². The largest absolute Gasteiger partial charge is 0.341 e. The summed E-state index contributed by atoms with van der Waals surface area (Å²) in [6, 6.07) is 14.6. The normalized spacial score (nSPS) is 17.9. The van der Waals surface area contributed by atoms with E-state index in [4.69, 9.17) is 0 Å². The molecular weight excluding hydrogens is 274 g/mol. The molecule has 22 heavy (non-hydrogen) atoms. The topological polar surface area (TPSA) is 45.2 Å². The van der Waals surface area contributed by atoms with Gasteiger partial charge in [0.1, 0.15) is 0 Å². The molecule has 1 atom stereocenters. The van der Waals surface area contributed by atoms with Gasteiger partial charge in [0, 0.05) is 44.5 Å². The Balaban J connectivity index is 1.46. The molecule has 1 N–H and O–H groups in total. The third-order valence-electron chi connectivity index (χ3n) is 4.07. The van der Waals surface area contributed by atoms with Crippen molar-refractivity contribution in [2.24, 2.45) is 0 Å². The smallest absolute Gasteiger partial charge is 0.224 e. The number of hydrogen-bond acceptors (Lipinski definition) is 3. The van der Waals surface area contributed by atoms with Gasteiger partial charge in [-0.05, 0) is 29.7 Å². The van der Waals surface area contributed by atoms with Crippen LogP contribution in [0.3, 0.4) is 0 Å². The molecule has 0 radical (unpaired) electrons. The van der Waals surface area contributed by atoms with Gasteiger partial charge in [0.05, 0.1) is 0 Å². The van der Waals surface area contributed by atoms with E-state index in [1.54, 1.807) is 12.4 Å². The molecule has 1 saturated heterocycles. The molecule has 4 heteroatoms. The van der Waals surface area contributed by atoms with Gasteiger partial charge in [-0.25, -0.2) is 0 Å². The fraction of sp³-hybridized carbons (Fsp3) is 0.333. The van der Waals surface area contributed by atoms with Gasteiger partial charge in [-0.1, -0.05) is 30.3 Å². The highest BCUT2D eigenvalue weighted by Gasteiger charge is 2.28. The Morgan fingerprint density at radius 1 is 1.09 bits per heavy atom. The Bertz CT molecular complexity index is 600. The zero-order valence-corrected chi connectivity index (χ0v) is 12.6. The Hall–Kier alpha value is -2.20. The zero-order valence-electron chi connectivity index (χ0n) is 12.6. The van der Waals surface area contributed by atoms with Crippen molar-refractivity contribution < 1.29 is 4.79 Å². The molecule has 1 amide bonds. The first-order chi connectivity index (χ1) is 10.8. The number of benzene rings is 1. The highest BCUT2D eigenvalue weighted by Crippen LogP contribution is 2.13. The Morgan fingerprint density at radius 2 is 1.86 bits per heavy atom. The Kier molecular flexibility index (Phi) is 4.81. The molecule has 1 aliphatic heterocycles. The van der Waals surface area contributed by atoms with Crippen LogP contribution in [0.2, 0.25) is 0 Å². The van der Waals surface area contributed by atoms with Crippen molar-refractivity contribution in [1.82, 2.24) is 15.2 Å². The Morgan fingerprint density at radius 3 is 2.64 bits per heavy atom. The van der Waals surface area contributed by atoms with E-state index in [9.17, 15) is 4.79 Å². The second-order valence-electron chi connectivity index (χ2n) is 5.71. The molecule has 3 rings (SSSR count). The average molecular weight is 295 g/mol. The SMILES string of the molecule is O=C1CC(NCc2ccncc2)CN1CCc1ccccc1. The molecule has 114 valence electrons. The number of aromatic nitrogens is 1. The highest BCUT2D eigenvalue weighted by molar-refractivity contribution is 5.79. The molecule has 2 aromatic rings. The van der Waals surface area contributed by atoms with Gasteiger partial charge in [-0.2, -0.15) is 0 Å². The van der Waals surface area contributed by atoms with Gasteiger partial charge in [0.15, 0.2) is 0 Å². The molecule has 1 aromatic heterocycles. The van der Waals surface area contributed by atoms with Crippen LogP contribution in [-0.2, 0) is 17.8 Å². The standard InChI is InChI=1S/C18H21N3O/c22-18-12-17(20-13-16-6-9-19-10-7-16)14-21(18)11-8-15-4-2-1-3-5-15/h1-7,9-10,17,20H,8,11-14H2. The van der Waals surface area contributed by atoms with Crippen molar-refractivity contribution in [2.45, 2.75) is 25.4 Å². The molecule has 1 unspecified atom stereocenters. The average Bonchev–Trinajstić information content (AvgIpc) is 2.93. The molecule has 1 fully saturated rings. The summed E-state index contributed by atoms with van der Waals surface area (Å²) < 4.78 is 0. The van der Waals surface area contributed by atoms with Gasteiger partial charge in [0.25, 0.3) is 0 Å². The maximum absolute atomic E-state index is 12.1. The van der Waals surface area contributed by atoms with Crippen molar-refractivity contribution in [3.05, 3.63) is 66.0 Å². The van der Waals surface area contributed by atoms with Crippen LogP contribution in [0.25, 0.3) is 0 Å². The fourth-order valence-corrected chi connectivity index (χ4v) is 2.80. The summed E-state index contributed by atoms with van der Waals surface area (Å²) in [5.41, 5.74) is 2.48. The van der Waals surface area contributed by atoms with Crippen LogP contribution in [0.15, 0.2) is 54.9 Å². The van der Waals surface area contributed by atoms with Gasteiger partial charge in [-0.3, -0.25) is 9.78 Å². The maximum Gasteiger partial charge on any atom is 0.224 e. The lowest BCUT2D eigenvalue weighted by Gasteiger charge is -2.17. The summed E-state index contributed by atoms with van der Waals surface area (Å²) in [7, 11) is 0. The third-order valence-corrected chi connectivity index (χ3v) is 4.07. The number of hydrogen-bond donors (Lipinski definition) is 1. The first kappa shape index (κ1) is 14.7. The van der Waals surface area contributed by atoms with Crippen LogP contribution in [0.5, 0.6) is 0 Å². The van der Waals surface area contributed by atoms with Crippen LogP contribution in [0.4, 0.5) is 0 Å². The number of rotatable bonds is 6. The van der Waals surface area contributed by atoms with E-state index < -0.39 is 0 Å². The van der Waals surface area contributed by atoms with Crippen molar-refractivity contribution in [3.8, 4) is 0 Å². The van der Waals surface area contributed by atoms with Gasteiger partial charge < -0.3 is 10.2 Å². The highest BCUT2D eigenvalue weighted by atomic mass is 16.2. The molecule has 1 aromatic carbocycles. The fourth-order valence-electron chi connectivity index (χ4n) is 2.80. The maximum atomic E-state index is 12.1. The second kappa shape index (κ2) is 7.18. The lowest BCUT2D eigenvalue weighted by atomic mass is 10.1. The summed E-state index contributed by atoms with van der Waals surface area (Å²) in [6.45, 7) is 2.39. The lowest BCUT2D eigenvalue weighted by Crippen LogP contribution is -2.33. The van der Waals surface area contributed by atoms with E-state index in [1.807, 2.05) is 35.2 Å². The van der Waals surface area contributed by atoms with Crippen LogP contribution >= 0.6 is 0 Å². The van der Waals surface area contributed by atoms with Crippen molar-refractivity contribution in [2.75, 3.05) is 13.1 Å². The predicted molar refractivity (Wildman–Crippen MR) is 86.2 cm³/mol. The van der Waals surface area contributed by atoms with E-state index in [0.717, 1.165) is 26.1 Å². The molecular formula is C18H21N3O. The van der Waals surface area contributed by atoms with Crippen molar-refractivity contribution in [1.29, 1.82) is 0 Å². The summed E-state index contributed by atoms with van der Waals surface area (Å²) >= 11 is 0. The van der Waals surface area contributed by atoms with E-state index in [2.05, 4.69) is 22.4 Å². The van der Waals surface area contributed by atoms with Crippen molar-refractivity contribution >= 4 is 5.91 Å². The number of carbonyl (C=O) groups is 1. The predicted octanol–water partition coefficient (Wildman–Crippen LogP) is 2.01.